The highest BCUT2D eigenvalue weighted by Crippen LogP contribution is 2.40. The van der Waals surface area contributed by atoms with E-state index in [2.05, 4.69) is 23.8 Å². The molecule has 0 saturated carbocycles. The molecular formula is C16H27N4O3P. The Hall–Kier alpha value is -1.27. The first-order valence-corrected chi connectivity index (χ1v) is 9.60. The number of rotatable bonds is 7. The molecule has 0 aromatic rings. The number of nitrogens with zero attached hydrogens (tertiary/aromatic N) is 3. The van der Waals surface area contributed by atoms with Crippen LogP contribution in [0.25, 0.3) is 0 Å². The normalized spacial score (nSPS) is 23.4. The second-order valence-corrected chi connectivity index (χ2v) is 7.08. The maximum atomic E-state index is 5.92. The van der Waals surface area contributed by atoms with Crippen molar-refractivity contribution in [2.45, 2.75) is 33.6 Å². The second-order valence-electron chi connectivity index (χ2n) is 5.64. The molecule has 7 nitrogen and oxygen atoms in total. The van der Waals surface area contributed by atoms with Gasteiger partial charge < -0.3 is 24.4 Å². The lowest BCUT2D eigenvalue weighted by molar-refractivity contribution is 0.125. The van der Waals surface area contributed by atoms with Crippen LogP contribution in [0.1, 0.15) is 33.6 Å². The molecule has 0 aliphatic carbocycles. The standard InChI is InChI=1S/C16H27N4O3P/c1-4-13(2)10-18-16-15(14(3)17)19-11-20(16)6-9-21-12-24-22-7-5-8-23-24/h10-11H,4-9,12,17H2,1-3H3/b13-10+,15-14-,18-16+. The molecule has 0 atom stereocenters. The third-order valence-electron chi connectivity index (χ3n) is 3.58. The monoisotopic (exact) mass is 354 g/mol. The highest BCUT2D eigenvalue weighted by molar-refractivity contribution is 7.47. The first-order valence-electron chi connectivity index (χ1n) is 8.24. The number of hydrogen-bond donors (Lipinski definition) is 1. The van der Waals surface area contributed by atoms with Crippen molar-refractivity contribution in [3.8, 4) is 0 Å². The minimum Gasteiger partial charge on any atom is -0.400 e. The van der Waals surface area contributed by atoms with Crippen LogP contribution in [0.15, 0.2) is 33.2 Å². The lowest BCUT2D eigenvalue weighted by atomic mass is 10.2. The average molecular weight is 354 g/mol. The van der Waals surface area contributed by atoms with E-state index in [9.17, 15) is 0 Å². The number of hydrogen-bond acceptors (Lipinski definition) is 6. The minimum atomic E-state index is -0.887. The summed E-state index contributed by atoms with van der Waals surface area (Å²) >= 11 is 0. The van der Waals surface area contributed by atoms with E-state index in [0.29, 0.717) is 25.2 Å². The molecule has 0 spiro atoms. The molecule has 0 bridgehead atoms. The Morgan fingerprint density at radius 2 is 2.21 bits per heavy atom. The average Bonchev–Trinajstić information content (AvgIpc) is 3.00. The predicted octanol–water partition coefficient (Wildman–Crippen LogP) is 2.96. The number of ether oxygens (including phenoxy) is 1. The summed E-state index contributed by atoms with van der Waals surface area (Å²) < 4.78 is 16.7. The van der Waals surface area contributed by atoms with Gasteiger partial charge in [0.15, 0.2) is 14.2 Å². The zero-order chi connectivity index (χ0) is 17.4. The molecule has 2 rings (SSSR count). The van der Waals surface area contributed by atoms with Crippen molar-refractivity contribution >= 4 is 20.5 Å². The smallest absolute Gasteiger partial charge is 0.198 e. The molecule has 2 aliphatic rings. The Balaban J connectivity index is 1.88. The van der Waals surface area contributed by atoms with Gasteiger partial charge >= 0.3 is 0 Å². The van der Waals surface area contributed by atoms with E-state index >= 15 is 0 Å². The second kappa shape index (κ2) is 9.89. The van der Waals surface area contributed by atoms with Crippen molar-refractivity contribution in [1.82, 2.24) is 4.90 Å². The maximum absolute atomic E-state index is 5.92. The Kier molecular flexibility index (Phi) is 7.85. The Labute approximate surface area is 145 Å². The first-order chi connectivity index (χ1) is 11.6. The quantitative estimate of drug-likeness (QED) is 0.561. The number of nitrogens with two attached hydrogens (primary N) is 1. The zero-order valence-corrected chi connectivity index (χ0v) is 15.6. The van der Waals surface area contributed by atoms with Crippen LogP contribution in [0.5, 0.6) is 0 Å². The van der Waals surface area contributed by atoms with E-state index in [1.165, 1.54) is 5.57 Å². The summed E-state index contributed by atoms with van der Waals surface area (Å²) in [7, 11) is -0.887. The molecule has 1 saturated heterocycles. The molecular weight excluding hydrogens is 327 g/mol. The molecule has 0 aromatic carbocycles. The van der Waals surface area contributed by atoms with Gasteiger partial charge in [-0.1, -0.05) is 12.5 Å². The van der Waals surface area contributed by atoms with E-state index in [0.717, 1.165) is 37.6 Å². The molecule has 0 radical (unpaired) electrons. The highest BCUT2D eigenvalue weighted by atomic mass is 31.2. The van der Waals surface area contributed by atoms with Gasteiger partial charge in [-0.05, 0) is 26.7 Å². The van der Waals surface area contributed by atoms with Crippen molar-refractivity contribution in [3.63, 3.8) is 0 Å². The van der Waals surface area contributed by atoms with Crippen LogP contribution >= 0.6 is 8.38 Å². The summed E-state index contributed by atoms with van der Waals surface area (Å²) in [6, 6.07) is 0. The highest BCUT2D eigenvalue weighted by Gasteiger charge is 2.22. The summed E-state index contributed by atoms with van der Waals surface area (Å²) in [6.45, 7) is 8.71. The van der Waals surface area contributed by atoms with E-state index in [1.54, 1.807) is 6.34 Å². The number of aliphatic imine (C=N–C) groups is 2. The Bertz CT molecular complexity index is 535. The third kappa shape index (κ3) is 5.67. The summed E-state index contributed by atoms with van der Waals surface area (Å²) in [6.07, 6.45) is 6.04. The SMILES string of the molecule is CC/C(C)=C/N=C1\C(=C(/C)N)N=CN1CCOCP1OCCCO1. The van der Waals surface area contributed by atoms with E-state index in [4.69, 9.17) is 19.5 Å². The van der Waals surface area contributed by atoms with Crippen molar-refractivity contribution in [3.05, 3.63) is 23.2 Å². The molecule has 2 aliphatic heterocycles. The van der Waals surface area contributed by atoms with Gasteiger partial charge in [0.1, 0.15) is 12.0 Å². The van der Waals surface area contributed by atoms with Gasteiger partial charge in [-0.2, -0.15) is 0 Å². The van der Waals surface area contributed by atoms with Gasteiger partial charge in [0.05, 0.1) is 26.2 Å². The van der Waals surface area contributed by atoms with Crippen molar-refractivity contribution < 1.29 is 13.8 Å². The van der Waals surface area contributed by atoms with E-state index < -0.39 is 8.38 Å². The van der Waals surface area contributed by atoms with Crippen molar-refractivity contribution in [2.24, 2.45) is 15.7 Å². The molecule has 134 valence electrons. The fourth-order valence-corrected chi connectivity index (χ4v) is 3.19. The van der Waals surface area contributed by atoms with E-state index in [1.807, 2.05) is 18.0 Å². The number of allylic oxidation sites excluding steroid dienone is 2. The first kappa shape index (κ1) is 19.1. The van der Waals surface area contributed by atoms with Gasteiger partial charge in [0.25, 0.3) is 0 Å². The summed E-state index contributed by atoms with van der Waals surface area (Å²) in [5.74, 6) is 0.766. The third-order valence-corrected chi connectivity index (χ3v) is 4.92. The number of amidine groups is 1. The lowest BCUT2D eigenvalue weighted by Gasteiger charge is -2.22. The molecule has 1 fully saturated rings. The van der Waals surface area contributed by atoms with Crippen LogP contribution in [0, 0.1) is 0 Å². The topological polar surface area (TPSA) is 81.7 Å². The zero-order valence-electron chi connectivity index (χ0n) is 14.7. The van der Waals surface area contributed by atoms with E-state index in [-0.39, 0.29) is 0 Å². The van der Waals surface area contributed by atoms with Crippen molar-refractivity contribution in [2.75, 3.05) is 32.7 Å². The summed E-state index contributed by atoms with van der Waals surface area (Å²) in [4.78, 5) is 10.9. The van der Waals surface area contributed by atoms with Crippen LogP contribution < -0.4 is 5.73 Å². The van der Waals surface area contributed by atoms with Gasteiger partial charge in [-0.3, -0.25) is 0 Å². The summed E-state index contributed by atoms with van der Waals surface area (Å²) in [5.41, 5.74) is 8.50. The van der Waals surface area contributed by atoms with Gasteiger partial charge in [-0.15, -0.1) is 0 Å². The van der Waals surface area contributed by atoms with Crippen LogP contribution in [0.2, 0.25) is 0 Å². The van der Waals surface area contributed by atoms with Crippen LogP contribution in [0.3, 0.4) is 0 Å². The predicted molar refractivity (Wildman–Crippen MR) is 97.8 cm³/mol. The fraction of sp³-hybridized carbons (Fsp3) is 0.625. The Morgan fingerprint density at radius 1 is 1.46 bits per heavy atom. The lowest BCUT2D eigenvalue weighted by Crippen LogP contribution is -2.30. The largest absolute Gasteiger partial charge is 0.400 e. The Morgan fingerprint density at radius 3 is 2.88 bits per heavy atom. The molecule has 24 heavy (non-hydrogen) atoms. The molecule has 0 amide bonds. The fourth-order valence-electron chi connectivity index (χ4n) is 2.02. The molecule has 0 unspecified atom stereocenters. The maximum Gasteiger partial charge on any atom is 0.198 e. The van der Waals surface area contributed by atoms with Crippen LogP contribution in [-0.2, 0) is 13.8 Å². The molecule has 2 N–H and O–H groups in total. The van der Waals surface area contributed by atoms with Crippen molar-refractivity contribution in [1.29, 1.82) is 0 Å². The molecule has 0 aromatic heterocycles. The van der Waals surface area contributed by atoms with Gasteiger partial charge in [-0.25, -0.2) is 9.98 Å². The summed E-state index contributed by atoms with van der Waals surface area (Å²) in [5, 5.41) is 0. The minimum absolute atomic E-state index is 0.500. The molecule has 2 heterocycles. The van der Waals surface area contributed by atoms with Crippen LogP contribution in [0.4, 0.5) is 0 Å². The van der Waals surface area contributed by atoms with Gasteiger partial charge in [0.2, 0.25) is 0 Å². The van der Waals surface area contributed by atoms with Gasteiger partial charge in [0, 0.05) is 18.4 Å². The molecule has 8 heteroatoms. The van der Waals surface area contributed by atoms with Crippen LogP contribution in [-0.4, -0.2) is 49.8 Å².